The Morgan fingerprint density at radius 1 is 1.00 bits per heavy atom. The molecule has 0 aliphatic carbocycles. The van der Waals surface area contributed by atoms with E-state index in [-0.39, 0.29) is 48.0 Å². The zero-order valence-electron chi connectivity index (χ0n) is 25.3. The highest BCUT2D eigenvalue weighted by Gasteiger charge is 2.34. The number of nitrogens with two attached hydrogens (primary N) is 1. The minimum absolute atomic E-state index is 0.0319. The van der Waals surface area contributed by atoms with Crippen LogP contribution in [0, 0.1) is 17.6 Å². The lowest BCUT2D eigenvalue weighted by molar-refractivity contribution is -0.118. The molecule has 1 saturated heterocycles. The van der Waals surface area contributed by atoms with Crippen LogP contribution in [0.25, 0.3) is 0 Å². The van der Waals surface area contributed by atoms with Gasteiger partial charge in [0.05, 0.1) is 17.0 Å². The van der Waals surface area contributed by atoms with Crippen molar-refractivity contribution in [2.45, 2.75) is 61.6 Å². The molecule has 3 aromatic rings. The molecule has 0 saturated carbocycles. The summed E-state index contributed by atoms with van der Waals surface area (Å²) in [6.45, 7) is 3.10. The lowest BCUT2D eigenvalue weighted by atomic mass is 9.76. The summed E-state index contributed by atoms with van der Waals surface area (Å²) in [7, 11) is -3.88. The lowest BCUT2D eigenvalue weighted by Gasteiger charge is -2.34. The molecule has 1 heterocycles. The second-order valence-electron chi connectivity index (χ2n) is 11.5. The monoisotopic (exact) mass is 644 g/mol. The van der Waals surface area contributed by atoms with Crippen LogP contribution >= 0.6 is 0 Å². The van der Waals surface area contributed by atoms with Gasteiger partial charge in [0, 0.05) is 49.5 Å². The van der Waals surface area contributed by atoms with E-state index < -0.39 is 51.7 Å². The van der Waals surface area contributed by atoms with Crippen LogP contribution in [0.4, 0.5) is 14.5 Å². The third-order valence-corrected chi connectivity index (χ3v) is 9.58. The minimum atomic E-state index is -3.88. The van der Waals surface area contributed by atoms with Crippen molar-refractivity contribution in [3.8, 4) is 0 Å². The third-order valence-electron chi connectivity index (χ3n) is 8.04. The van der Waals surface area contributed by atoms with Crippen LogP contribution < -0.4 is 21.1 Å². The minimum Gasteiger partial charge on any atom is -0.392 e. The van der Waals surface area contributed by atoms with Crippen LogP contribution in [-0.4, -0.2) is 63.9 Å². The van der Waals surface area contributed by atoms with Crippen molar-refractivity contribution >= 4 is 21.6 Å². The van der Waals surface area contributed by atoms with E-state index >= 15 is 4.39 Å². The number of ether oxygens (including phenoxy) is 1. The van der Waals surface area contributed by atoms with Crippen LogP contribution in [0.3, 0.4) is 0 Å². The molecule has 3 aromatic carbocycles. The summed E-state index contributed by atoms with van der Waals surface area (Å²) >= 11 is 0. The van der Waals surface area contributed by atoms with Crippen LogP contribution in [0.5, 0.6) is 0 Å². The van der Waals surface area contributed by atoms with Gasteiger partial charge in [-0.25, -0.2) is 21.9 Å². The molecule has 0 spiro atoms. The number of aliphatic hydroxyl groups excluding tert-OH is 1. The highest BCUT2D eigenvalue weighted by molar-refractivity contribution is 7.89. The van der Waals surface area contributed by atoms with Gasteiger partial charge in [0.25, 0.3) is 0 Å². The van der Waals surface area contributed by atoms with E-state index in [4.69, 9.17) is 10.5 Å². The number of carbonyl (C=O) groups is 1. The van der Waals surface area contributed by atoms with E-state index in [0.29, 0.717) is 26.1 Å². The quantitative estimate of drug-likeness (QED) is 0.170. The Morgan fingerprint density at radius 2 is 1.69 bits per heavy atom. The SMILES string of the molecule is C[C@@H](O)CNC[C@H](CCc1c(F)cccc1NC(=O)[C@@H](N)C(c1ccc(F)cc1)C1CCOCC1)NS(=O)(=O)c1ccccc1. The molecule has 244 valence electrons. The van der Waals surface area contributed by atoms with E-state index in [1.807, 2.05) is 0 Å². The Morgan fingerprint density at radius 3 is 2.36 bits per heavy atom. The smallest absolute Gasteiger partial charge is 0.241 e. The number of anilines is 1. The number of hydrogen-bond donors (Lipinski definition) is 5. The van der Waals surface area contributed by atoms with Crippen LogP contribution in [-0.2, 0) is 26.0 Å². The second-order valence-corrected chi connectivity index (χ2v) is 13.2. The fraction of sp³-hybridized carbons (Fsp3) is 0.424. The molecule has 1 unspecified atom stereocenters. The Hall–Kier alpha value is -3.26. The van der Waals surface area contributed by atoms with Crippen molar-refractivity contribution in [3.63, 3.8) is 0 Å². The number of rotatable bonds is 15. The zero-order chi connectivity index (χ0) is 32.4. The summed E-state index contributed by atoms with van der Waals surface area (Å²) in [5.41, 5.74) is 7.77. The van der Waals surface area contributed by atoms with Crippen molar-refractivity contribution in [1.82, 2.24) is 10.0 Å². The fourth-order valence-corrected chi connectivity index (χ4v) is 7.01. The van der Waals surface area contributed by atoms with Gasteiger partial charge in [-0.1, -0.05) is 36.4 Å². The molecule has 4 atom stereocenters. The van der Waals surface area contributed by atoms with Gasteiger partial charge in [0.2, 0.25) is 15.9 Å². The summed E-state index contributed by atoms with van der Waals surface area (Å²) in [5, 5.41) is 15.5. The number of halogens is 2. The molecule has 12 heteroatoms. The van der Waals surface area contributed by atoms with Gasteiger partial charge < -0.3 is 26.2 Å². The molecule has 1 fully saturated rings. The predicted octanol–water partition coefficient (Wildman–Crippen LogP) is 3.69. The van der Waals surface area contributed by atoms with Crippen molar-refractivity contribution in [3.05, 3.63) is 95.6 Å². The average molecular weight is 645 g/mol. The first-order chi connectivity index (χ1) is 21.5. The molecule has 9 nitrogen and oxygen atoms in total. The first-order valence-electron chi connectivity index (χ1n) is 15.2. The highest BCUT2D eigenvalue weighted by atomic mass is 32.2. The largest absolute Gasteiger partial charge is 0.392 e. The molecule has 1 amide bonds. The molecule has 45 heavy (non-hydrogen) atoms. The third kappa shape index (κ3) is 9.86. The lowest BCUT2D eigenvalue weighted by Crippen LogP contribution is -2.45. The van der Waals surface area contributed by atoms with E-state index in [2.05, 4.69) is 15.4 Å². The number of carbonyl (C=O) groups excluding carboxylic acids is 1. The van der Waals surface area contributed by atoms with Crippen LogP contribution in [0.15, 0.2) is 77.7 Å². The van der Waals surface area contributed by atoms with Gasteiger partial charge >= 0.3 is 0 Å². The van der Waals surface area contributed by atoms with Gasteiger partial charge in [-0.3, -0.25) is 4.79 Å². The van der Waals surface area contributed by atoms with E-state index in [0.717, 1.165) is 5.56 Å². The molecule has 0 radical (unpaired) electrons. The molecule has 0 aromatic heterocycles. The number of sulfonamides is 1. The first-order valence-corrected chi connectivity index (χ1v) is 16.7. The molecule has 6 N–H and O–H groups in total. The normalized spacial score (nSPS) is 16.9. The maximum absolute atomic E-state index is 15.2. The van der Waals surface area contributed by atoms with E-state index in [1.54, 1.807) is 43.3 Å². The number of hydrogen-bond acceptors (Lipinski definition) is 7. The van der Waals surface area contributed by atoms with Gasteiger partial charge in [-0.15, -0.1) is 0 Å². The highest BCUT2D eigenvalue weighted by Crippen LogP contribution is 2.35. The predicted molar refractivity (Wildman–Crippen MR) is 169 cm³/mol. The molecular weight excluding hydrogens is 602 g/mol. The van der Waals surface area contributed by atoms with Gasteiger partial charge in [-0.2, -0.15) is 0 Å². The zero-order valence-corrected chi connectivity index (χ0v) is 26.1. The summed E-state index contributed by atoms with van der Waals surface area (Å²) in [6, 6.07) is 16.6. The van der Waals surface area contributed by atoms with Gasteiger partial charge in [0.1, 0.15) is 11.6 Å². The number of benzene rings is 3. The molecular formula is C33H42F2N4O5S. The Balaban J connectivity index is 1.52. The first kappa shape index (κ1) is 34.6. The topological polar surface area (TPSA) is 143 Å². The van der Waals surface area contributed by atoms with Crippen molar-refractivity contribution in [2.24, 2.45) is 11.7 Å². The molecule has 1 aliphatic heterocycles. The Kier molecular flexibility index (Phi) is 12.6. The Labute approximate surface area is 263 Å². The fourth-order valence-electron chi connectivity index (χ4n) is 5.72. The van der Waals surface area contributed by atoms with Crippen LogP contribution in [0.2, 0.25) is 0 Å². The van der Waals surface area contributed by atoms with Gasteiger partial charge in [0.15, 0.2) is 0 Å². The summed E-state index contributed by atoms with van der Waals surface area (Å²) in [6.07, 6.45) is 1.02. The number of aliphatic hydroxyl groups is 1. The van der Waals surface area contributed by atoms with Crippen molar-refractivity contribution < 1.29 is 31.8 Å². The molecule has 1 aliphatic rings. The number of amides is 1. The van der Waals surface area contributed by atoms with Crippen molar-refractivity contribution in [2.75, 3.05) is 31.6 Å². The number of nitrogens with one attached hydrogen (secondary N) is 3. The summed E-state index contributed by atoms with van der Waals surface area (Å²) < 4.78 is 63.3. The molecule has 4 rings (SSSR count). The summed E-state index contributed by atoms with van der Waals surface area (Å²) in [4.78, 5) is 13.7. The van der Waals surface area contributed by atoms with Crippen LogP contribution in [0.1, 0.15) is 43.2 Å². The van der Waals surface area contributed by atoms with E-state index in [9.17, 15) is 22.7 Å². The maximum atomic E-state index is 15.2. The van der Waals surface area contributed by atoms with E-state index in [1.165, 1.54) is 36.4 Å². The summed E-state index contributed by atoms with van der Waals surface area (Å²) in [5.74, 6) is -1.84. The standard InChI is InChI=1S/C33H42F2N4O5S/c1-22(40)20-37-21-26(39-45(42,43)27-6-3-2-4-7-27)14-15-28-29(35)8-5-9-30(28)38-33(41)32(36)31(24-16-18-44-19-17-24)23-10-12-25(34)13-11-23/h2-13,22,24,26,31-32,37,39-40H,14-21,36H2,1H3,(H,38,41)/t22-,26+,31?,32+/m1/s1. The molecule has 0 bridgehead atoms. The second kappa shape index (κ2) is 16.3. The average Bonchev–Trinajstić information content (AvgIpc) is 3.02. The Bertz CT molecular complexity index is 1490. The van der Waals surface area contributed by atoms with Crippen molar-refractivity contribution in [1.29, 1.82) is 0 Å². The van der Waals surface area contributed by atoms with Gasteiger partial charge in [-0.05, 0) is 80.5 Å². The maximum Gasteiger partial charge on any atom is 0.241 e.